The summed E-state index contributed by atoms with van der Waals surface area (Å²) < 4.78 is 6.53. The molecule has 14 heavy (non-hydrogen) atoms. The van der Waals surface area contributed by atoms with E-state index in [4.69, 9.17) is 15.7 Å². The maximum Gasteiger partial charge on any atom is 0.140 e. The Kier molecular flexibility index (Phi) is 3.48. The van der Waals surface area contributed by atoms with E-state index in [2.05, 4.69) is 11.2 Å². The van der Waals surface area contributed by atoms with E-state index in [1.165, 1.54) is 0 Å². The molecule has 0 fully saturated rings. The standard InChI is InChI=1S/C9H14N4O/c1-3-8-7(6-10)9(11)13(12-8)4-5-14-2/h3-5,11H2,1-2H3. The molecule has 0 unspecified atom stereocenters. The lowest BCUT2D eigenvalue weighted by Gasteiger charge is -2.01. The molecule has 0 atom stereocenters. The minimum Gasteiger partial charge on any atom is -0.383 e. The van der Waals surface area contributed by atoms with Crippen molar-refractivity contribution in [2.45, 2.75) is 19.9 Å². The van der Waals surface area contributed by atoms with Crippen molar-refractivity contribution in [3.05, 3.63) is 11.3 Å². The van der Waals surface area contributed by atoms with Gasteiger partial charge in [0.05, 0.1) is 18.8 Å². The van der Waals surface area contributed by atoms with Gasteiger partial charge in [-0.2, -0.15) is 10.4 Å². The lowest BCUT2D eigenvalue weighted by molar-refractivity contribution is 0.184. The summed E-state index contributed by atoms with van der Waals surface area (Å²) >= 11 is 0. The maximum absolute atomic E-state index is 8.85. The van der Waals surface area contributed by atoms with Crippen LogP contribution in [-0.2, 0) is 17.7 Å². The normalized spacial score (nSPS) is 10.1. The molecule has 0 spiro atoms. The second-order valence-corrected chi connectivity index (χ2v) is 2.89. The van der Waals surface area contributed by atoms with Gasteiger partial charge in [0.1, 0.15) is 17.5 Å². The molecule has 0 bridgehead atoms. The maximum atomic E-state index is 8.85. The first kappa shape index (κ1) is 10.5. The Morgan fingerprint density at radius 2 is 2.36 bits per heavy atom. The van der Waals surface area contributed by atoms with Crippen LogP contribution < -0.4 is 5.73 Å². The number of methoxy groups -OCH3 is 1. The fraction of sp³-hybridized carbons (Fsp3) is 0.556. The number of nitrogens with two attached hydrogens (primary N) is 1. The van der Waals surface area contributed by atoms with E-state index >= 15 is 0 Å². The summed E-state index contributed by atoms with van der Waals surface area (Å²) in [4.78, 5) is 0. The van der Waals surface area contributed by atoms with Crippen LogP contribution in [0.4, 0.5) is 5.82 Å². The third-order valence-corrected chi connectivity index (χ3v) is 2.02. The molecule has 0 aliphatic carbocycles. The predicted octanol–water partition coefficient (Wildman–Crippen LogP) is 0.546. The predicted molar refractivity (Wildman–Crippen MR) is 52.6 cm³/mol. The Bertz CT molecular complexity index is 350. The van der Waals surface area contributed by atoms with Crippen molar-refractivity contribution in [3.8, 4) is 6.07 Å². The molecular formula is C9H14N4O. The van der Waals surface area contributed by atoms with E-state index in [0.717, 1.165) is 5.69 Å². The van der Waals surface area contributed by atoms with E-state index in [1.807, 2.05) is 6.92 Å². The fourth-order valence-electron chi connectivity index (χ4n) is 1.24. The molecule has 1 aromatic rings. The number of aromatic nitrogens is 2. The molecule has 1 aromatic heterocycles. The molecule has 0 saturated heterocycles. The molecule has 1 rings (SSSR count). The Morgan fingerprint density at radius 3 is 2.79 bits per heavy atom. The van der Waals surface area contributed by atoms with Crippen LogP contribution in [0.3, 0.4) is 0 Å². The Morgan fingerprint density at radius 1 is 1.64 bits per heavy atom. The molecule has 1 heterocycles. The highest BCUT2D eigenvalue weighted by Gasteiger charge is 2.12. The topological polar surface area (TPSA) is 76.9 Å². The molecule has 5 heteroatoms. The second-order valence-electron chi connectivity index (χ2n) is 2.89. The van der Waals surface area contributed by atoms with Gasteiger partial charge in [0.25, 0.3) is 0 Å². The molecule has 0 aliphatic heterocycles. The van der Waals surface area contributed by atoms with Gasteiger partial charge in [-0.15, -0.1) is 0 Å². The van der Waals surface area contributed by atoms with Gasteiger partial charge < -0.3 is 10.5 Å². The zero-order chi connectivity index (χ0) is 10.6. The van der Waals surface area contributed by atoms with Crippen LogP contribution in [0.15, 0.2) is 0 Å². The fourth-order valence-corrected chi connectivity index (χ4v) is 1.24. The van der Waals surface area contributed by atoms with Gasteiger partial charge in [-0.3, -0.25) is 0 Å². The van der Waals surface area contributed by atoms with Gasteiger partial charge in [-0.05, 0) is 6.42 Å². The second kappa shape index (κ2) is 4.63. The van der Waals surface area contributed by atoms with Crippen LogP contribution in [0.2, 0.25) is 0 Å². The molecule has 0 aromatic carbocycles. The smallest absolute Gasteiger partial charge is 0.140 e. The van der Waals surface area contributed by atoms with E-state index in [0.29, 0.717) is 31.0 Å². The molecule has 0 saturated carbocycles. The summed E-state index contributed by atoms with van der Waals surface area (Å²) in [5, 5.41) is 13.1. The number of nitriles is 1. The molecule has 0 aliphatic rings. The van der Waals surface area contributed by atoms with Gasteiger partial charge in [-0.25, -0.2) is 4.68 Å². The molecule has 5 nitrogen and oxygen atoms in total. The third kappa shape index (κ3) is 1.86. The first-order valence-corrected chi connectivity index (χ1v) is 4.48. The number of hydrogen-bond acceptors (Lipinski definition) is 4. The average Bonchev–Trinajstić information content (AvgIpc) is 2.51. The van der Waals surface area contributed by atoms with Crippen LogP contribution in [0.25, 0.3) is 0 Å². The molecular weight excluding hydrogens is 180 g/mol. The summed E-state index contributed by atoms with van der Waals surface area (Å²) in [6.45, 7) is 3.07. The van der Waals surface area contributed by atoms with Crippen LogP contribution >= 0.6 is 0 Å². The van der Waals surface area contributed by atoms with Gasteiger partial charge >= 0.3 is 0 Å². The number of rotatable bonds is 4. The van der Waals surface area contributed by atoms with Crippen LogP contribution in [0.5, 0.6) is 0 Å². The van der Waals surface area contributed by atoms with E-state index in [-0.39, 0.29) is 0 Å². The quantitative estimate of drug-likeness (QED) is 0.759. The third-order valence-electron chi connectivity index (χ3n) is 2.02. The van der Waals surface area contributed by atoms with Crippen molar-refractivity contribution < 1.29 is 4.74 Å². The number of nitrogen functional groups attached to an aromatic ring is 1. The van der Waals surface area contributed by atoms with E-state index in [9.17, 15) is 0 Å². The highest BCUT2D eigenvalue weighted by atomic mass is 16.5. The highest BCUT2D eigenvalue weighted by Crippen LogP contribution is 2.15. The van der Waals surface area contributed by atoms with Crippen molar-refractivity contribution in [2.24, 2.45) is 0 Å². The minimum absolute atomic E-state index is 0.432. The number of anilines is 1. The summed E-state index contributed by atoms with van der Waals surface area (Å²) in [7, 11) is 1.62. The minimum atomic E-state index is 0.432. The lowest BCUT2D eigenvalue weighted by atomic mass is 10.2. The molecule has 2 N–H and O–H groups in total. The number of hydrogen-bond donors (Lipinski definition) is 1. The van der Waals surface area contributed by atoms with E-state index < -0.39 is 0 Å². The van der Waals surface area contributed by atoms with Gasteiger partial charge in [-0.1, -0.05) is 6.92 Å². The SMILES string of the molecule is CCc1nn(CCOC)c(N)c1C#N. The van der Waals surface area contributed by atoms with Crippen molar-refractivity contribution in [2.75, 3.05) is 19.5 Å². The number of ether oxygens (including phenoxy) is 1. The molecule has 0 radical (unpaired) electrons. The van der Waals surface area contributed by atoms with Crippen LogP contribution in [0.1, 0.15) is 18.2 Å². The van der Waals surface area contributed by atoms with E-state index in [1.54, 1.807) is 11.8 Å². The van der Waals surface area contributed by atoms with Crippen LogP contribution in [0, 0.1) is 11.3 Å². The van der Waals surface area contributed by atoms with Crippen LogP contribution in [-0.4, -0.2) is 23.5 Å². The summed E-state index contributed by atoms with van der Waals surface area (Å²) in [5.74, 6) is 0.432. The Hall–Kier alpha value is -1.54. The summed E-state index contributed by atoms with van der Waals surface area (Å²) in [6, 6.07) is 2.06. The zero-order valence-corrected chi connectivity index (χ0v) is 8.45. The Balaban J connectivity index is 2.97. The number of nitrogens with zero attached hydrogens (tertiary/aromatic N) is 3. The summed E-state index contributed by atoms with van der Waals surface area (Å²) in [6.07, 6.45) is 0.715. The molecule has 0 amide bonds. The number of aryl methyl sites for hydroxylation is 1. The lowest BCUT2D eigenvalue weighted by Crippen LogP contribution is -2.09. The largest absolute Gasteiger partial charge is 0.383 e. The summed E-state index contributed by atoms with van der Waals surface area (Å²) in [5.41, 5.74) is 6.99. The van der Waals surface area contributed by atoms with Crippen molar-refractivity contribution in [1.29, 1.82) is 5.26 Å². The first-order valence-electron chi connectivity index (χ1n) is 4.48. The molecule has 76 valence electrons. The van der Waals surface area contributed by atoms with Crippen molar-refractivity contribution in [3.63, 3.8) is 0 Å². The van der Waals surface area contributed by atoms with Gasteiger partial charge in [0.2, 0.25) is 0 Å². The first-order chi connectivity index (χ1) is 6.74. The van der Waals surface area contributed by atoms with Crippen molar-refractivity contribution in [1.82, 2.24) is 9.78 Å². The Labute approximate surface area is 83.1 Å². The highest BCUT2D eigenvalue weighted by molar-refractivity contribution is 5.52. The zero-order valence-electron chi connectivity index (χ0n) is 8.45. The average molecular weight is 194 g/mol. The van der Waals surface area contributed by atoms with Gasteiger partial charge in [0.15, 0.2) is 0 Å². The monoisotopic (exact) mass is 194 g/mol. The van der Waals surface area contributed by atoms with Gasteiger partial charge in [0, 0.05) is 7.11 Å². The van der Waals surface area contributed by atoms with Crippen molar-refractivity contribution >= 4 is 5.82 Å².